The Balaban J connectivity index is 1.89. The van der Waals surface area contributed by atoms with Gasteiger partial charge in [-0.3, -0.25) is 9.78 Å². The van der Waals surface area contributed by atoms with E-state index in [-0.39, 0.29) is 11.3 Å². The molecule has 0 aliphatic heterocycles. The maximum atomic E-state index is 14.0. The lowest BCUT2D eigenvalue weighted by atomic mass is 10.0. The highest BCUT2D eigenvalue weighted by atomic mass is 32.3. The van der Waals surface area contributed by atoms with E-state index >= 15 is 0 Å². The molecule has 0 atom stereocenters. The quantitative estimate of drug-likeness (QED) is 0.236. The zero-order valence-corrected chi connectivity index (χ0v) is 22.6. The number of aryl methyl sites for hydroxylation is 1. The van der Waals surface area contributed by atoms with Crippen molar-refractivity contribution in [3.63, 3.8) is 0 Å². The lowest BCUT2D eigenvalue weighted by Crippen LogP contribution is -2.13. The van der Waals surface area contributed by atoms with Crippen molar-refractivity contribution in [3.05, 3.63) is 64.6 Å². The fourth-order valence-electron chi connectivity index (χ4n) is 4.76. The summed E-state index contributed by atoms with van der Waals surface area (Å²) < 4.78 is 45.2. The molecule has 0 bridgehead atoms. The Morgan fingerprint density at radius 3 is 2.64 bits per heavy atom. The molecule has 0 unspecified atom stereocenters. The molecule has 3 heterocycles. The summed E-state index contributed by atoms with van der Waals surface area (Å²) in [5.41, 5.74) is 3.06. The van der Waals surface area contributed by atoms with Gasteiger partial charge in [-0.15, -0.1) is 3.89 Å². The summed E-state index contributed by atoms with van der Waals surface area (Å²) >= 11 is 0. The van der Waals surface area contributed by atoms with Crippen LogP contribution in [0.3, 0.4) is 0 Å². The van der Waals surface area contributed by atoms with Crippen molar-refractivity contribution < 1.29 is 17.0 Å². The van der Waals surface area contributed by atoms with E-state index in [1.807, 2.05) is 18.4 Å². The normalized spacial score (nSPS) is 12.0. The first-order valence-corrected chi connectivity index (χ1v) is 14.1. The zero-order chi connectivity index (χ0) is 27.9. The first-order valence-electron chi connectivity index (χ1n) is 12.7. The molecular formula is C29H27FN4O4S. The molecule has 0 aliphatic rings. The van der Waals surface area contributed by atoms with Gasteiger partial charge in [0.05, 0.1) is 34.5 Å². The van der Waals surface area contributed by atoms with Gasteiger partial charge in [0.1, 0.15) is 16.3 Å². The number of nitrogens with one attached hydrogen (secondary N) is 1. The molecule has 5 aromatic rings. The van der Waals surface area contributed by atoms with Gasteiger partial charge < -0.3 is 14.3 Å². The van der Waals surface area contributed by atoms with Gasteiger partial charge >= 0.3 is 10.2 Å². The molecule has 0 saturated heterocycles. The lowest BCUT2D eigenvalue weighted by Gasteiger charge is -2.18. The number of hydrogen-bond donors (Lipinski definition) is 1. The molecule has 0 radical (unpaired) electrons. The van der Waals surface area contributed by atoms with E-state index in [0.717, 1.165) is 24.4 Å². The van der Waals surface area contributed by atoms with Crippen LogP contribution >= 0.6 is 0 Å². The number of fused-ring (bicyclic) bond motifs is 4. The van der Waals surface area contributed by atoms with Crippen LogP contribution in [-0.4, -0.2) is 29.6 Å². The monoisotopic (exact) mass is 546 g/mol. The van der Waals surface area contributed by atoms with Crippen LogP contribution in [0.15, 0.2) is 58.5 Å². The number of halogens is 1. The second-order valence-corrected chi connectivity index (χ2v) is 11.3. The summed E-state index contributed by atoms with van der Waals surface area (Å²) in [6.45, 7) is 7.00. The Hall–Kier alpha value is -4.23. The van der Waals surface area contributed by atoms with E-state index in [2.05, 4.69) is 23.0 Å². The van der Waals surface area contributed by atoms with Crippen molar-refractivity contribution in [2.45, 2.75) is 45.1 Å². The summed E-state index contributed by atoms with van der Waals surface area (Å²) in [6, 6.07) is 12.0. The Morgan fingerprint density at radius 2 is 1.95 bits per heavy atom. The molecule has 0 aliphatic carbocycles. The highest BCUT2D eigenvalue weighted by Crippen LogP contribution is 2.37. The van der Waals surface area contributed by atoms with Gasteiger partial charge in [-0.25, -0.2) is 0 Å². The summed E-state index contributed by atoms with van der Waals surface area (Å²) in [5, 5.41) is 11.1. The van der Waals surface area contributed by atoms with E-state index < -0.39 is 15.1 Å². The maximum Gasteiger partial charge on any atom is 0.333 e. The number of aromatic amines is 1. The van der Waals surface area contributed by atoms with E-state index in [0.29, 0.717) is 63.0 Å². The van der Waals surface area contributed by atoms with Crippen LogP contribution in [0.2, 0.25) is 0 Å². The van der Waals surface area contributed by atoms with Gasteiger partial charge in [-0.05, 0) is 42.7 Å². The predicted molar refractivity (Wildman–Crippen MR) is 149 cm³/mol. The molecule has 39 heavy (non-hydrogen) atoms. The molecule has 0 amide bonds. The smallest absolute Gasteiger partial charge is 0.333 e. The molecule has 10 heteroatoms. The minimum Gasteiger partial charge on any atom is -0.493 e. The average molecular weight is 547 g/mol. The Morgan fingerprint density at radius 1 is 1.15 bits per heavy atom. The number of ether oxygens (including phenoxy) is 1. The molecule has 5 rings (SSSR count). The summed E-state index contributed by atoms with van der Waals surface area (Å²) in [4.78, 5) is 20.7. The number of nitrogens with zero attached hydrogens (tertiary/aromatic N) is 3. The summed E-state index contributed by atoms with van der Waals surface area (Å²) in [5.74, 6) is 0.548. The third-order valence-corrected chi connectivity index (χ3v) is 7.44. The number of aromatic nitrogens is 3. The topological polar surface area (TPSA) is 118 Å². The van der Waals surface area contributed by atoms with Crippen LogP contribution in [0.25, 0.3) is 44.0 Å². The van der Waals surface area contributed by atoms with E-state index in [1.54, 1.807) is 30.3 Å². The number of pyridine rings is 2. The van der Waals surface area contributed by atoms with E-state index in [4.69, 9.17) is 4.74 Å². The minimum absolute atomic E-state index is 0.177. The van der Waals surface area contributed by atoms with Crippen LogP contribution in [0.1, 0.15) is 39.2 Å². The number of H-pyrrole nitrogens is 1. The van der Waals surface area contributed by atoms with Crippen molar-refractivity contribution >= 4 is 43.1 Å². The van der Waals surface area contributed by atoms with Crippen LogP contribution in [0.5, 0.6) is 5.75 Å². The predicted octanol–water partition coefficient (Wildman–Crippen LogP) is 6.06. The Kier molecular flexibility index (Phi) is 6.87. The lowest BCUT2D eigenvalue weighted by molar-refractivity contribution is 0.272. The first-order chi connectivity index (χ1) is 18.6. The van der Waals surface area contributed by atoms with Gasteiger partial charge in [0, 0.05) is 41.0 Å². The molecule has 3 aromatic heterocycles. The van der Waals surface area contributed by atoms with Crippen LogP contribution in [-0.2, 0) is 16.8 Å². The highest BCUT2D eigenvalue weighted by Gasteiger charge is 2.21. The first kappa shape index (κ1) is 26.4. The second kappa shape index (κ2) is 10.2. The summed E-state index contributed by atoms with van der Waals surface area (Å²) in [6.07, 6.45) is 4.15. The number of rotatable bonds is 8. The SMILES string of the molecule is CCCCn1c2cc(-c3cncc(S(=O)(=O)F)c3)c(OCC(C)C)cc2c(=O)c2c3ccc(C#N)cc3[nH]c21. The largest absolute Gasteiger partial charge is 0.493 e. The van der Waals surface area contributed by atoms with Crippen LogP contribution in [0.4, 0.5) is 3.89 Å². The van der Waals surface area contributed by atoms with Crippen LogP contribution in [0, 0.1) is 17.2 Å². The zero-order valence-electron chi connectivity index (χ0n) is 21.8. The number of unbranched alkanes of at least 4 members (excludes halogenated alkanes) is 1. The summed E-state index contributed by atoms with van der Waals surface area (Å²) in [7, 11) is -4.98. The molecule has 1 N–H and O–H groups in total. The van der Waals surface area contributed by atoms with Crippen LogP contribution < -0.4 is 10.2 Å². The fraction of sp³-hybridized carbons (Fsp3) is 0.276. The van der Waals surface area contributed by atoms with Crippen molar-refractivity contribution in [3.8, 4) is 22.9 Å². The standard InChI is InChI=1S/C29H27FN4O4S/c1-4-5-8-34-25-11-22(19-10-20(15-32-14-19)39(30,36)37)26(38-16-17(2)3)12-23(25)28(35)27-21-7-6-18(13-31)9-24(21)33-29(27)34/h6-7,9-12,14-15,17,33H,4-5,8,16H2,1-3H3. The van der Waals surface area contributed by atoms with Crippen molar-refractivity contribution in [2.75, 3.05) is 6.61 Å². The highest BCUT2D eigenvalue weighted by molar-refractivity contribution is 7.86. The van der Waals surface area contributed by atoms with Gasteiger partial charge in [0.2, 0.25) is 0 Å². The Labute approximate surface area is 224 Å². The minimum atomic E-state index is -4.98. The van der Waals surface area contributed by atoms with E-state index in [1.165, 1.54) is 12.3 Å². The van der Waals surface area contributed by atoms with Crippen molar-refractivity contribution in [1.82, 2.24) is 14.5 Å². The molecule has 8 nitrogen and oxygen atoms in total. The fourth-order valence-corrected chi connectivity index (χ4v) is 5.22. The molecular weight excluding hydrogens is 519 g/mol. The van der Waals surface area contributed by atoms with Crippen molar-refractivity contribution in [2.24, 2.45) is 5.92 Å². The molecule has 0 saturated carbocycles. The Bertz CT molecular complexity index is 1950. The molecule has 0 fully saturated rings. The third kappa shape index (κ3) is 4.86. The van der Waals surface area contributed by atoms with Gasteiger partial charge in [0.15, 0.2) is 5.43 Å². The van der Waals surface area contributed by atoms with Gasteiger partial charge in [-0.1, -0.05) is 33.3 Å². The number of nitriles is 1. The third-order valence-electron chi connectivity index (χ3n) is 6.65. The van der Waals surface area contributed by atoms with E-state index in [9.17, 15) is 22.4 Å². The molecule has 0 spiro atoms. The average Bonchev–Trinajstić information content (AvgIpc) is 3.30. The van der Waals surface area contributed by atoms with Crippen molar-refractivity contribution in [1.29, 1.82) is 5.26 Å². The maximum absolute atomic E-state index is 14.0. The number of hydrogen-bond acceptors (Lipinski definition) is 6. The second-order valence-electron chi connectivity index (χ2n) is 9.97. The number of benzene rings is 2. The molecule has 2 aromatic carbocycles. The van der Waals surface area contributed by atoms with Gasteiger partial charge in [0.25, 0.3) is 0 Å². The van der Waals surface area contributed by atoms with Gasteiger partial charge in [-0.2, -0.15) is 13.7 Å². The molecule has 200 valence electrons.